The summed E-state index contributed by atoms with van der Waals surface area (Å²) in [4.78, 5) is 28.5. The fraction of sp³-hybridized carbons (Fsp3) is 0.355. The van der Waals surface area contributed by atoms with Crippen molar-refractivity contribution in [3.05, 3.63) is 101 Å². The number of ether oxygens (including phenoxy) is 1. The lowest BCUT2D eigenvalue weighted by molar-refractivity contribution is -0.118. The maximum absolute atomic E-state index is 11.9. The van der Waals surface area contributed by atoms with E-state index in [2.05, 4.69) is 72.2 Å². The van der Waals surface area contributed by atoms with Crippen LogP contribution in [0.15, 0.2) is 78.9 Å². The summed E-state index contributed by atoms with van der Waals surface area (Å²) in [6, 6.07) is 27.3. The van der Waals surface area contributed by atoms with Crippen LogP contribution in [0.1, 0.15) is 60.8 Å². The zero-order valence-corrected chi connectivity index (χ0v) is 21.7. The Hall–Kier alpha value is -3.28. The first-order valence-corrected chi connectivity index (χ1v) is 12.7. The Labute approximate surface area is 214 Å². The number of piperazine rings is 1. The third-order valence-corrected chi connectivity index (χ3v) is 6.97. The molecule has 0 radical (unpaired) electrons. The highest BCUT2D eigenvalue weighted by molar-refractivity contribution is 5.94. The summed E-state index contributed by atoms with van der Waals surface area (Å²) >= 11 is 0. The third kappa shape index (κ3) is 6.28. The molecule has 4 rings (SSSR count). The molecule has 1 unspecified atom stereocenters. The molecule has 0 saturated carbocycles. The molecule has 188 valence electrons. The average molecular weight is 485 g/mol. The first-order chi connectivity index (χ1) is 17.3. The van der Waals surface area contributed by atoms with Crippen molar-refractivity contribution in [2.75, 3.05) is 19.7 Å². The molecule has 1 fully saturated rings. The molecule has 0 N–H and O–H groups in total. The van der Waals surface area contributed by atoms with Gasteiger partial charge in [0.25, 0.3) is 0 Å². The van der Waals surface area contributed by atoms with Gasteiger partial charge in [-0.1, -0.05) is 66.7 Å². The van der Waals surface area contributed by atoms with Crippen molar-refractivity contribution in [3.63, 3.8) is 0 Å². The van der Waals surface area contributed by atoms with Crippen molar-refractivity contribution in [1.82, 2.24) is 9.80 Å². The van der Waals surface area contributed by atoms with Crippen molar-refractivity contribution in [1.29, 1.82) is 0 Å². The van der Waals surface area contributed by atoms with E-state index in [0.717, 1.165) is 30.8 Å². The van der Waals surface area contributed by atoms with Crippen LogP contribution >= 0.6 is 0 Å². The molecule has 0 bridgehead atoms. The predicted octanol–water partition coefficient (Wildman–Crippen LogP) is 5.54. The zero-order chi connectivity index (χ0) is 25.7. The quantitative estimate of drug-likeness (QED) is 0.373. The van der Waals surface area contributed by atoms with E-state index in [4.69, 9.17) is 4.74 Å². The molecular weight excluding hydrogens is 448 g/mol. The topological polar surface area (TPSA) is 49.9 Å². The van der Waals surface area contributed by atoms with Crippen LogP contribution < -0.4 is 4.74 Å². The van der Waals surface area contributed by atoms with Crippen LogP contribution in [0.4, 0.5) is 0 Å². The van der Waals surface area contributed by atoms with Crippen molar-refractivity contribution < 1.29 is 14.3 Å². The molecule has 36 heavy (non-hydrogen) atoms. The first kappa shape index (κ1) is 25.8. The lowest BCUT2D eigenvalue weighted by Crippen LogP contribution is -2.56. The summed E-state index contributed by atoms with van der Waals surface area (Å²) in [5.41, 5.74) is 4.29. The fourth-order valence-electron chi connectivity index (χ4n) is 5.06. The van der Waals surface area contributed by atoms with Gasteiger partial charge in [-0.25, -0.2) is 0 Å². The molecule has 1 heterocycles. The Morgan fingerprint density at radius 3 is 2.25 bits per heavy atom. The molecular formula is C31H36N2O3. The number of carbonyl (C=O) groups is 2. The second-order valence-corrected chi connectivity index (χ2v) is 9.95. The van der Waals surface area contributed by atoms with Gasteiger partial charge in [0.2, 0.25) is 0 Å². The molecule has 3 aromatic carbocycles. The number of hydrogen-bond donors (Lipinski definition) is 0. The number of hydrogen-bond acceptors (Lipinski definition) is 5. The van der Waals surface area contributed by atoms with E-state index in [0.29, 0.717) is 23.4 Å². The van der Waals surface area contributed by atoms with Gasteiger partial charge in [-0.2, -0.15) is 0 Å². The number of nitrogens with zero attached hydrogens (tertiary/aromatic N) is 2. The molecule has 3 aromatic rings. The summed E-state index contributed by atoms with van der Waals surface area (Å²) in [5, 5.41) is 0. The van der Waals surface area contributed by atoms with E-state index in [1.165, 1.54) is 12.5 Å². The van der Waals surface area contributed by atoms with Crippen molar-refractivity contribution in [2.24, 2.45) is 0 Å². The summed E-state index contributed by atoms with van der Waals surface area (Å²) < 4.78 is 5.74. The maximum atomic E-state index is 11.9. The van der Waals surface area contributed by atoms with Crippen molar-refractivity contribution in [2.45, 2.75) is 52.4 Å². The van der Waals surface area contributed by atoms with Crippen LogP contribution in [0.25, 0.3) is 0 Å². The van der Waals surface area contributed by atoms with Gasteiger partial charge in [-0.15, -0.1) is 0 Å². The number of ketones is 2. The highest BCUT2D eigenvalue weighted by Gasteiger charge is 2.35. The normalized spacial score (nSPS) is 19.6. The lowest BCUT2D eigenvalue weighted by atomic mass is 9.92. The van der Waals surface area contributed by atoms with Gasteiger partial charge in [0.05, 0.1) is 6.04 Å². The summed E-state index contributed by atoms with van der Waals surface area (Å²) in [5.74, 6) is 0.750. The number of benzene rings is 3. The van der Waals surface area contributed by atoms with Crippen molar-refractivity contribution >= 4 is 11.6 Å². The van der Waals surface area contributed by atoms with Crippen LogP contribution in [0.5, 0.6) is 5.75 Å². The van der Waals surface area contributed by atoms with Gasteiger partial charge in [-0.05, 0) is 56.5 Å². The van der Waals surface area contributed by atoms with Gasteiger partial charge >= 0.3 is 0 Å². The minimum atomic E-state index is -0.00578. The number of Topliss-reactive ketones (excluding diaryl/α,β-unsaturated/α-hetero) is 2. The summed E-state index contributed by atoms with van der Waals surface area (Å²) in [6.07, 6.45) is 0. The molecule has 0 amide bonds. The minimum Gasteiger partial charge on any atom is -0.486 e. The number of carbonyl (C=O) groups excluding carboxylic acids is 2. The summed E-state index contributed by atoms with van der Waals surface area (Å²) in [6.45, 7) is 10.6. The largest absolute Gasteiger partial charge is 0.486 e. The minimum absolute atomic E-state index is 0.00297. The smallest absolute Gasteiger partial charge is 0.167 e. The molecule has 3 atom stereocenters. The SMILES string of the molecule is CC(=O)COc1cccc(C(c2ccc(C(C)=O)cc2)N2C[C@@H](C)N(Cc3ccccc3)C[C@@H]2C)c1. The highest BCUT2D eigenvalue weighted by atomic mass is 16.5. The van der Waals surface area contributed by atoms with E-state index in [1.807, 2.05) is 30.3 Å². The summed E-state index contributed by atoms with van der Waals surface area (Å²) in [7, 11) is 0. The van der Waals surface area contributed by atoms with Crippen LogP contribution in [0.3, 0.4) is 0 Å². The lowest BCUT2D eigenvalue weighted by Gasteiger charge is -2.47. The Balaban J connectivity index is 1.64. The van der Waals surface area contributed by atoms with E-state index in [1.54, 1.807) is 6.92 Å². The number of rotatable bonds is 9. The average Bonchev–Trinajstić information content (AvgIpc) is 2.87. The van der Waals surface area contributed by atoms with E-state index < -0.39 is 0 Å². The Kier molecular flexibility index (Phi) is 8.34. The van der Waals surface area contributed by atoms with Crippen LogP contribution in [-0.4, -0.2) is 53.1 Å². The van der Waals surface area contributed by atoms with Crippen LogP contribution in [-0.2, 0) is 11.3 Å². The van der Waals surface area contributed by atoms with Gasteiger partial charge < -0.3 is 4.74 Å². The van der Waals surface area contributed by atoms with Gasteiger partial charge in [0, 0.05) is 37.3 Å². The Morgan fingerprint density at radius 1 is 0.861 bits per heavy atom. The standard InChI is InChI=1S/C31H36N2O3/c1-22-19-33(23(2)18-32(22)20-26-9-6-5-7-10-26)31(28-15-13-27(14-16-28)25(4)35)29-11-8-12-30(17-29)36-21-24(3)34/h5-17,22-23,31H,18-21H2,1-4H3/t22-,23+,31?/m1/s1. The van der Waals surface area contributed by atoms with E-state index in [-0.39, 0.29) is 24.2 Å². The Bertz CT molecular complexity index is 1180. The third-order valence-electron chi connectivity index (χ3n) is 6.97. The van der Waals surface area contributed by atoms with Gasteiger partial charge in [0.1, 0.15) is 12.4 Å². The second kappa shape index (κ2) is 11.6. The highest BCUT2D eigenvalue weighted by Crippen LogP contribution is 2.35. The molecule has 1 aliphatic rings. The van der Waals surface area contributed by atoms with Gasteiger partial charge in [-0.3, -0.25) is 19.4 Å². The predicted molar refractivity (Wildman–Crippen MR) is 143 cm³/mol. The molecule has 1 aliphatic heterocycles. The molecule has 5 heteroatoms. The second-order valence-electron chi connectivity index (χ2n) is 9.95. The van der Waals surface area contributed by atoms with Crippen molar-refractivity contribution in [3.8, 4) is 5.75 Å². The fourth-order valence-corrected chi connectivity index (χ4v) is 5.06. The van der Waals surface area contributed by atoms with Gasteiger partial charge in [0.15, 0.2) is 11.6 Å². The van der Waals surface area contributed by atoms with Crippen LogP contribution in [0, 0.1) is 0 Å². The zero-order valence-electron chi connectivity index (χ0n) is 21.7. The first-order valence-electron chi connectivity index (χ1n) is 12.7. The van der Waals surface area contributed by atoms with E-state index >= 15 is 0 Å². The van der Waals surface area contributed by atoms with E-state index in [9.17, 15) is 9.59 Å². The molecule has 5 nitrogen and oxygen atoms in total. The maximum Gasteiger partial charge on any atom is 0.167 e. The monoisotopic (exact) mass is 484 g/mol. The molecule has 1 saturated heterocycles. The van der Waals surface area contributed by atoms with Crippen LogP contribution in [0.2, 0.25) is 0 Å². The molecule has 0 aromatic heterocycles. The Morgan fingerprint density at radius 2 is 1.58 bits per heavy atom. The molecule has 0 aliphatic carbocycles. The molecule has 0 spiro atoms.